The van der Waals surface area contributed by atoms with E-state index in [2.05, 4.69) is 0 Å². The van der Waals surface area contributed by atoms with Gasteiger partial charge in [0.1, 0.15) is 17.0 Å². The quantitative estimate of drug-likeness (QED) is 0.836. The van der Waals surface area contributed by atoms with Crippen LogP contribution >= 0.6 is 0 Å². The van der Waals surface area contributed by atoms with Crippen LogP contribution in [0.3, 0.4) is 0 Å². The molecule has 1 aromatic rings. The summed E-state index contributed by atoms with van der Waals surface area (Å²) in [5.74, 6) is -0.289. The number of nitrogens with zero attached hydrogens (tertiary/aromatic N) is 1. The van der Waals surface area contributed by atoms with E-state index in [0.717, 1.165) is 5.56 Å². The van der Waals surface area contributed by atoms with Gasteiger partial charge < -0.3 is 14.4 Å². The van der Waals surface area contributed by atoms with E-state index in [1.54, 1.807) is 24.1 Å². The molecule has 1 amide bonds. The summed E-state index contributed by atoms with van der Waals surface area (Å²) >= 11 is 0. The average Bonchev–Trinajstić information content (AvgIpc) is 2.28. The van der Waals surface area contributed by atoms with Gasteiger partial charge in [-0.3, -0.25) is 0 Å². The summed E-state index contributed by atoms with van der Waals surface area (Å²) in [5.41, 5.74) is -0.218. The highest BCUT2D eigenvalue weighted by atomic mass is 19.1. The number of hydrogen-bond acceptors (Lipinski definition) is 3. The zero-order valence-corrected chi connectivity index (χ0v) is 12.3. The van der Waals surface area contributed by atoms with Crippen molar-refractivity contribution in [2.24, 2.45) is 0 Å². The number of hydrogen-bond donors (Lipinski definition) is 0. The summed E-state index contributed by atoms with van der Waals surface area (Å²) in [4.78, 5) is 13.5. The SMILES string of the molecule is COC1(c2ccc(F)cc2)CN(C(=O)OC(C)(C)C)C1. The molecule has 0 atom stereocenters. The maximum Gasteiger partial charge on any atom is 0.410 e. The predicted octanol–water partition coefficient (Wildman–Crippen LogP) is 2.92. The molecule has 1 saturated heterocycles. The van der Waals surface area contributed by atoms with Gasteiger partial charge in [-0.25, -0.2) is 9.18 Å². The second-order valence-electron chi connectivity index (χ2n) is 6.04. The molecule has 1 heterocycles. The lowest BCUT2D eigenvalue weighted by atomic mass is 9.86. The zero-order chi connectivity index (χ0) is 15.0. The topological polar surface area (TPSA) is 38.8 Å². The molecule has 0 unspecified atom stereocenters. The normalized spacial score (nSPS) is 17.6. The molecule has 0 aliphatic carbocycles. The smallest absolute Gasteiger partial charge is 0.410 e. The van der Waals surface area contributed by atoms with Gasteiger partial charge in [0, 0.05) is 7.11 Å². The Morgan fingerprint density at radius 3 is 2.25 bits per heavy atom. The minimum Gasteiger partial charge on any atom is -0.444 e. The van der Waals surface area contributed by atoms with Gasteiger partial charge in [0.25, 0.3) is 0 Å². The fourth-order valence-corrected chi connectivity index (χ4v) is 2.21. The lowest BCUT2D eigenvalue weighted by molar-refractivity contribution is -0.127. The van der Waals surface area contributed by atoms with E-state index in [9.17, 15) is 9.18 Å². The number of carbonyl (C=O) groups is 1. The Morgan fingerprint density at radius 1 is 1.25 bits per heavy atom. The summed E-state index contributed by atoms with van der Waals surface area (Å²) in [6.07, 6.45) is -0.354. The molecule has 1 aliphatic heterocycles. The van der Waals surface area contributed by atoms with Crippen molar-refractivity contribution in [3.63, 3.8) is 0 Å². The first-order valence-corrected chi connectivity index (χ1v) is 6.55. The van der Waals surface area contributed by atoms with Crippen molar-refractivity contribution in [3.8, 4) is 0 Å². The van der Waals surface area contributed by atoms with Gasteiger partial charge in [-0.2, -0.15) is 0 Å². The maximum atomic E-state index is 13.0. The molecule has 1 fully saturated rings. The van der Waals surface area contributed by atoms with E-state index < -0.39 is 11.2 Å². The first kappa shape index (κ1) is 14.8. The molecule has 0 spiro atoms. The molecular formula is C15H20FNO3. The number of benzene rings is 1. The number of amides is 1. The largest absolute Gasteiger partial charge is 0.444 e. The summed E-state index contributed by atoms with van der Waals surface area (Å²) < 4.78 is 23.8. The molecule has 2 rings (SSSR count). The van der Waals surface area contributed by atoms with E-state index in [1.807, 2.05) is 20.8 Å². The van der Waals surface area contributed by atoms with Crippen LogP contribution in [0.5, 0.6) is 0 Å². The highest BCUT2D eigenvalue weighted by Crippen LogP contribution is 2.36. The van der Waals surface area contributed by atoms with Crippen LogP contribution in [-0.2, 0) is 15.1 Å². The number of carbonyl (C=O) groups excluding carboxylic acids is 1. The van der Waals surface area contributed by atoms with Crippen molar-refractivity contribution >= 4 is 6.09 Å². The third-order valence-corrected chi connectivity index (χ3v) is 3.31. The summed E-state index contributed by atoms with van der Waals surface area (Å²) in [5, 5.41) is 0. The Morgan fingerprint density at radius 2 is 1.80 bits per heavy atom. The van der Waals surface area contributed by atoms with Crippen molar-refractivity contribution in [2.45, 2.75) is 32.0 Å². The molecule has 0 radical (unpaired) electrons. The Balaban J connectivity index is 2.04. The molecule has 1 aromatic carbocycles. The molecule has 0 bridgehead atoms. The van der Waals surface area contributed by atoms with E-state index in [-0.39, 0.29) is 11.9 Å². The molecule has 1 aliphatic rings. The van der Waals surface area contributed by atoms with Crippen molar-refractivity contribution < 1.29 is 18.7 Å². The molecule has 5 heteroatoms. The second kappa shape index (κ2) is 5.05. The number of rotatable bonds is 2. The van der Waals surface area contributed by atoms with Gasteiger partial charge in [0.05, 0.1) is 13.1 Å². The van der Waals surface area contributed by atoms with Gasteiger partial charge >= 0.3 is 6.09 Å². The minimum absolute atomic E-state index is 0.289. The monoisotopic (exact) mass is 281 g/mol. The number of likely N-dealkylation sites (tertiary alicyclic amines) is 1. The fourth-order valence-electron chi connectivity index (χ4n) is 2.21. The van der Waals surface area contributed by atoms with Crippen LogP contribution in [-0.4, -0.2) is 36.8 Å². The van der Waals surface area contributed by atoms with Crippen molar-refractivity contribution in [1.82, 2.24) is 4.90 Å². The van der Waals surface area contributed by atoms with Gasteiger partial charge in [-0.15, -0.1) is 0 Å². The molecule has 0 aromatic heterocycles. The van der Waals surface area contributed by atoms with Crippen molar-refractivity contribution in [2.75, 3.05) is 20.2 Å². The van der Waals surface area contributed by atoms with Crippen molar-refractivity contribution in [1.29, 1.82) is 0 Å². The maximum absolute atomic E-state index is 13.0. The van der Waals surface area contributed by atoms with Gasteiger partial charge in [0.15, 0.2) is 0 Å². The third kappa shape index (κ3) is 2.93. The predicted molar refractivity (Wildman–Crippen MR) is 72.9 cm³/mol. The van der Waals surface area contributed by atoms with E-state index in [0.29, 0.717) is 13.1 Å². The third-order valence-electron chi connectivity index (χ3n) is 3.31. The Kier molecular flexibility index (Phi) is 3.73. The minimum atomic E-state index is -0.565. The lowest BCUT2D eigenvalue weighted by Crippen LogP contribution is -2.62. The molecule has 4 nitrogen and oxygen atoms in total. The number of ether oxygens (including phenoxy) is 2. The van der Waals surface area contributed by atoms with Gasteiger partial charge in [0.2, 0.25) is 0 Å². The fraction of sp³-hybridized carbons (Fsp3) is 0.533. The lowest BCUT2D eigenvalue weighted by Gasteiger charge is -2.49. The van der Waals surface area contributed by atoms with E-state index in [1.165, 1.54) is 12.1 Å². The zero-order valence-electron chi connectivity index (χ0n) is 12.3. The highest BCUT2D eigenvalue weighted by Gasteiger charge is 2.48. The second-order valence-corrected chi connectivity index (χ2v) is 6.04. The highest BCUT2D eigenvalue weighted by molar-refractivity contribution is 5.70. The van der Waals surface area contributed by atoms with Crippen LogP contribution < -0.4 is 0 Å². The van der Waals surface area contributed by atoms with Crippen LogP contribution in [0.25, 0.3) is 0 Å². The molecule has 0 N–H and O–H groups in total. The summed E-state index contributed by atoms with van der Waals surface area (Å²) in [6, 6.07) is 6.16. The number of halogens is 1. The first-order valence-electron chi connectivity index (χ1n) is 6.55. The van der Waals surface area contributed by atoms with Crippen LogP contribution in [0.1, 0.15) is 26.3 Å². The van der Waals surface area contributed by atoms with Crippen molar-refractivity contribution in [3.05, 3.63) is 35.6 Å². The standard InChI is InChI=1S/C15H20FNO3/c1-14(2,3)20-13(18)17-9-15(10-17,19-4)11-5-7-12(16)8-6-11/h5-8H,9-10H2,1-4H3. The molecule has 0 saturated carbocycles. The summed E-state index contributed by atoms with van der Waals surface area (Å²) in [6.45, 7) is 6.30. The summed E-state index contributed by atoms with van der Waals surface area (Å²) in [7, 11) is 1.59. The van der Waals surface area contributed by atoms with Crippen LogP contribution in [0.15, 0.2) is 24.3 Å². The van der Waals surface area contributed by atoms with Crippen LogP contribution in [0.2, 0.25) is 0 Å². The molecule has 110 valence electrons. The Labute approximate surface area is 118 Å². The van der Waals surface area contributed by atoms with Crippen LogP contribution in [0, 0.1) is 5.82 Å². The Bertz CT molecular complexity index is 487. The number of methoxy groups -OCH3 is 1. The van der Waals surface area contributed by atoms with Gasteiger partial charge in [-0.1, -0.05) is 12.1 Å². The molecular weight excluding hydrogens is 261 g/mol. The first-order chi connectivity index (χ1) is 9.26. The van der Waals surface area contributed by atoms with E-state index >= 15 is 0 Å². The van der Waals surface area contributed by atoms with Crippen LogP contribution in [0.4, 0.5) is 9.18 Å². The van der Waals surface area contributed by atoms with E-state index in [4.69, 9.17) is 9.47 Å². The molecule has 20 heavy (non-hydrogen) atoms. The average molecular weight is 281 g/mol. The van der Waals surface area contributed by atoms with Gasteiger partial charge in [-0.05, 0) is 38.5 Å². The Hall–Kier alpha value is -1.62.